The average molecular weight is 1190 g/mol. The predicted octanol–water partition coefficient (Wildman–Crippen LogP) is -10.4. The van der Waals surface area contributed by atoms with E-state index in [9.17, 15) is 96.4 Å². The van der Waals surface area contributed by atoms with Crippen LogP contribution in [-0.2, 0) is 66.4 Å². The number of carbonyl (C=O) groups excluding carboxylic acids is 2. The third-order valence-electron chi connectivity index (χ3n) is 15.0. The molecule has 6 aliphatic heterocycles. The maximum atomic E-state index is 12.6. The van der Waals surface area contributed by atoms with Crippen LogP contribution in [0.5, 0.6) is 0 Å². The van der Waals surface area contributed by atoms with E-state index in [0.717, 1.165) is 46.0 Å². The lowest BCUT2D eigenvalue weighted by atomic mass is 9.94. The van der Waals surface area contributed by atoms with E-state index in [-0.39, 0.29) is 6.61 Å². The van der Waals surface area contributed by atoms with Gasteiger partial charge >= 0.3 is 0 Å². The summed E-state index contributed by atoms with van der Waals surface area (Å²) in [5.41, 5.74) is 0. The molecule has 0 unspecified atom stereocenters. The SMILES string of the molecule is CCCCCCCCO[C@@H]1O[C@H](CO[C@H]2O[C@H](CO[C@@H]3O[C@H](CO)[C@@H](O[C@@H]4O[C@H](CO)[C@H](O)[C@H](O[C@@H]5O[C@H](CO)[C@@H](O[C@@H]6O[C@H](CO)[C@H](O)[C@H](O)[C@H]6O)[C@H](O)[C@H]5NC(C)=O)[C@H]4O)[C@H](O)[C@H]3NC(C)=O)[C@@H](O)[C@H](O)[C@@H]2O)[C@@H](O)[C@H](O)[C@@H]1O. The van der Waals surface area contributed by atoms with Crippen molar-refractivity contribution in [1.29, 1.82) is 0 Å². The van der Waals surface area contributed by atoms with E-state index in [1.807, 2.05) is 0 Å². The highest BCUT2D eigenvalue weighted by molar-refractivity contribution is 5.73. The number of aliphatic hydroxyl groups excluding tert-OH is 17. The Hall–Kier alpha value is -2.22. The fraction of sp³-hybridized carbons (Fsp3) is 0.958. The first-order valence-corrected chi connectivity index (χ1v) is 27.1. The molecule has 0 aromatic carbocycles. The fourth-order valence-electron chi connectivity index (χ4n) is 10.3. The smallest absolute Gasteiger partial charge is 0.217 e. The molecule has 33 nitrogen and oxygen atoms in total. The second-order valence-electron chi connectivity index (χ2n) is 20.9. The maximum Gasteiger partial charge on any atom is 0.217 e. The van der Waals surface area contributed by atoms with Crippen LogP contribution in [0.3, 0.4) is 0 Å². The van der Waals surface area contributed by atoms with Crippen LogP contribution in [0.2, 0.25) is 0 Å². The van der Waals surface area contributed by atoms with E-state index in [1.165, 1.54) is 0 Å². The highest BCUT2D eigenvalue weighted by Gasteiger charge is 2.57. The molecular formula is C48H84N2O31. The molecular weight excluding hydrogens is 1100 g/mol. The van der Waals surface area contributed by atoms with Crippen LogP contribution < -0.4 is 10.6 Å². The molecule has 81 heavy (non-hydrogen) atoms. The van der Waals surface area contributed by atoms with Crippen molar-refractivity contribution in [2.75, 3.05) is 46.2 Å². The van der Waals surface area contributed by atoms with Crippen molar-refractivity contribution in [3.8, 4) is 0 Å². The summed E-state index contributed by atoms with van der Waals surface area (Å²) in [5.74, 6) is -1.60. The normalized spacial score (nSPS) is 46.0. The van der Waals surface area contributed by atoms with Crippen LogP contribution in [0, 0.1) is 0 Å². The number of unbranched alkanes of at least 4 members (excludes halogenated alkanes) is 5. The molecule has 33 heteroatoms. The Morgan fingerprint density at radius 2 is 0.716 bits per heavy atom. The molecule has 0 aliphatic carbocycles. The zero-order valence-electron chi connectivity index (χ0n) is 44.8. The second kappa shape index (κ2) is 31.4. The largest absolute Gasteiger partial charge is 0.394 e. The maximum absolute atomic E-state index is 12.6. The van der Waals surface area contributed by atoms with Gasteiger partial charge in [0.2, 0.25) is 11.8 Å². The minimum atomic E-state index is -2.17. The molecule has 19 N–H and O–H groups in total. The molecule has 0 aromatic rings. The molecule has 6 saturated heterocycles. The van der Waals surface area contributed by atoms with E-state index < -0.39 is 236 Å². The number of hydrogen-bond acceptors (Lipinski definition) is 31. The van der Waals surface area contributed by atoms with Crippen molar-refractivity contribution in [2.45, 2.75) is 243 Å². The summed E-state index contributed by atoms with van der Waals surface area (Å²) in [7, 11) is 0. The molecule has 0 bridgehead atoms. The standard InChI is InChI=1S/C48H84N2O31/c1-4-5-6-7-8-9-10-70-45-36(66)34(64)29(59)24(77-45)16-72-46-37(67)35(65)28(58)23(78-46)15-71-43-25(49-17(2)55)31(61)40(21(13-53)75-43)80-48-39(69)42(30(60)20(12-52)74-48)81-44-26(50-18(3)56)32(62)41(22(14-54)76-44)79-47-38(68)33(63)27(57)19(11-51)73-47/h19-48,51-54,57-69H,4-16H2,1-3H3,(H,49,55)(H,50,56)/t19-,20-,21-,22-,23-,24-,25-,26-,27+,28-,29-,30+,31-,32-,33+,34+,35+,36+,37+,38-,39-,40-,41-,42+,43-,44+,45-,46+,47+,48+/m1/s1. The van der Waals surface area contributed by atoms with Crippen molar-refractivity contribution >= 4 is 11.8 Å². The third-order valence-corrected chi connectivity index (χ3v) is 15.0. The summed E-state index contributed by atoms with van der Waals surface area (Å²) in [6.45, 7) is -0.830. The van der Waals surface area contributed by atoms with Gasteiger partial charge < -0.3 is 154 Å². The van der Waals surface area contributed by atoms with E-state index in [1.54, 1.807) is 0 Å². The number of ether oxygens (including phenoxy) is 12. The van der Waals surface area contributed by atoms with Gasteiger partial charge in [-0.2, -0.15) is 0 Å². The first-order valence-electron chi connectivity index (χ1n) is 27.1. The van der Waals surface area contributed by atoms with Crippen LogP contribution >= 0.6 is 0 Å². The van der Waals surface area contributed by atoms with Gasteiger partial charge in [-0.25, -0.2) is 0 Å². The summed E-state index contributed by atoms with van der Waals surface area (Å²) in [6, 6.07) is -3.36. The number of rotatable bonds is 26. The van der Waals surface area contributed by atoms with Crippen LogP contribution in [0.1, 0.15) is 59.3 Å². The van der Waals surface area contributed by atoms with Crippen molar-refractivity contribution in [3.63, 3.8) is 0 Å². The first kappa shape index (κ1) is 67.9. The van der Waals surface area contributed by atoms with Crippen LogP contribution in [0.25, 0.3) is 0 Å². The van der Waals surface area contributed by atoms with Gasteiger partial charge in [-0.15, -0.1) is 0 Å². The molecule has 2 amide bonds. The van der Waals surface area contributed by atoms with E-state index in [0.29, 0.717) is 6.42 Å². The minimum absolute atomic E-state index is 0.173. The highest BCUT2D eigenvalue weighted by atomic mass is 16.8. The molecule has 6 rings (SSSR count). The molecule has 6 fully saturated rings. The number of aliphatic hydroxyl groups is 17. The van der Waals surface area contributed by atoms with Gasteiger partial charge in [0.1, 0.15) is 146 Å². The van der Waals surface area contributed by atoms with Gasteiger partial charge in [-0.3, -0.25) is 9.59 Å². The Kier molecular flexibility index (Phi) is 26.3. The molecule has 6 aliphatic rings. The van der Waals surface area contributed by atoms with E-state index >= 15 is 0 Å². The van der Waals surface area contributed by atoms with Crippen LogP contribution in [-0.4, -0.2) is 329 Å². The third kappa shape index (κ3) is 16.5. The topological polar surface area (TPSA) is 513 Å². The lowest BCUT2D eigenvalue weighted by Crippen LogP contribution is -2.70. The van der Waals surface area contributed by atoms with Gasteiger partial charge in [0.25, 0.3) is 0 Å². The quantitative estimate of drug-likeness (QED) is 0.0358. The van der Waals surface area contributed by atoms with Gasteiger partial charge in [0, 0.05) is 20.5 Å². The van der Waals surface area contributed by atoms with E-state index in [4.69, 9.17) is 56.8 Å². The van der Waals surface area contributed by atoms with Crippen molar-refractivity contribution in [3.05, 3.63) is 0 Å². The number of hydrogen-bond donors (Lipinski definition) is 19. The lowest BCUT2D eigenvalue weighted by Gasteiger charge is -2.50. The monoisotopic (exact) mass is 1180 g/mol. The Morgan fingerprint density at radius 3 is 1.20 bits per heavy atom. The fourth-order valence-corrected chi connectivity index (χ4v) is 10.3. The Bertz CT molecular complexity index is 1890. The molecule has 6 heterocycles. The zero-order valence-corrected chi connectivity index (χ0v) is 44.8. The van der Waals surface area contributed by atoms with E-state index in [2.05, 4.69) is 17.6 Å². The summed E-state index contributed by atoms with van der Waals surface area (Å²) >= 11 is 0. The Balaban J connectivity index is 1.11. The summed E-state index contributed by atoms with van der Waals surface area (Å²) in [5, 5.41) is 188. The van der Waals surface area contributed by atoms with Gasteiger partial charge in [0.05, 0.1) is 39.6 Å². The Labute approximate surface area is 464 Å². The minimum Gasteiger partial charge on any atom is -0.394 e. The average Bonchev–Trinajstić information content (AvgIpc) is 3.45. The van der Waals surface area contributed by atoms with Gasteiger partial charge in [-0.05, 0) is 6.42 Å². The van der Waals surface area contributed by atoms with Crippen molar-refractivity contribution in [2.24, 2.45) is 0 Å². The van der Waals surface area contributed by atoms with Crippen molar-refractivity contribution in [1.82, 2.24) is 10.6 Å². The number of nitrogens with one attached hydrogen (secondary N) is 2. The summed E-state index contributed by atoms with van der Waals surface area (Å²) in [4.78, 5) is 25.1. The van der Waals surface area contributed by atoms with Crippen molar-refractivity contribution < 1.29 is 153 Å². The molecule has 0 saturated carbocycles. The Morgan fingerprint density at radius 1 is 0.358 bits per heavy atom. The first-order chi connectivity index (χ1) is 38.5. The second-order valence-corrected chi connectivity index (χ2v) is 20.9. The molecule has 30 atom stereocenters. The van der Waals surface area contributed by atoms with Gasteiger partial charge in [0.15, 0.2) is 37.7 Å². The highest BCUT2D eigenvalue weighted by Crippen LogP contribution is 2.36. The van der Waals surface area contributed by atoms with Crippen LogP contribution in [0.4, 0.5) is 0 Å². The van der Waals surface area contributed by atoms with Crippen LogP contribution in [0.15, 0.2) is 0 Å². The predicted molar refractivity (Wildman–Crippen MR) is 259 cm³/mol. The number of amides is 2. The molecule has 0 radical (unpaired) electrons. The lowest BCUT2D eigenvalue weighted by molar-refractivity contribution is -0.378. The zero-order chi connectivity index (χ0) is 59.6. The summed E-state index contributed by atoms with van der Waals surface area (Å²) < 4.78 is 69.1. The molecule has 472 valence electrons. The summed E-state index contributed by atoms with van der Waals surface area (Å²) in [6.07, 6.45) is -44.5. The molecule has 0 spiro atoms. The van der Waals surface area contributed by atoms with Gasteiger partial charge in [-0.1, -0.05) is 39.0 Å². The molecule has 0 aromatic heterocycles. The number of carbonyl (C=O) groups is 2.